The first-order valence-electron chi connectivity index (χ1n) is 10.4. The fourth-order valence-electron chi connectivity index (χ4n) is 4.20. The Morgan fingerprint density at radius 3 is 2.67 bits per heavy atom. The number of ether oxygens (including phenoxy) is 1. The van der Waals surface area contributed by atoms with Crippen molar-refractivity contribution in [2.24, 2.45) is 5.92 Å². The van der Waals surface area contributed by atoms with Crippen LogP contribution in [0.2, 0.25) is 0 Å². The minimum absolute atomic E-state index is 0.0669. The second-order valence-corrected chi connectivity index (χ2v) is 7.70. The lowest BCUT2D eigenvalue weighted by molar-refractivity contribution is -0.899. The van der Waals surface area contributed by atoms with Gasteiger partial charge in [-0.05, 0) is 31.7 Å². The van der Waals surface area contributed by atoms with Crippen molar-refractivity contribution >= 4 is 23.8 Å². The van der Waals surface area contributed by atoms with Crippen LogP contribution in [0.4, 0.5) is 4.79 Å². The molecule has 3 atom stereocenters. The number of amides is 4. The van der Waals surface area contributed by atoms with E-state index in [0.29, 0.717) is 25.1 Å². The van der Waals surface area contributed by atoms with Crippen molar-refractivity contribution < 1.29 is 28.8 Å². The maximum atomic E-state index is 13.1. The summed E-state index contributed by atoms with van der Waals surface area (Å²) in [5.74, 6) is -1.42. The van der Waals surface area contributed by atoms with Crippen molar-refractivity contribution in [3.8, 4) is 0 Å². The van der Waals surface area contributed by atoms with E-state index in [0.717, 1.165) is 29.3 Å². The highest BCUT2D eigenvalue weighted by molar-refractivity contribution is 6.08. The van der Waals surface area contributed by atoms with Crippen LogP contribution in [0, 0.1) is 5.92 Å². The van der Waals surface area contributed by atoms with Crippen molar-refractivity contribution in [3.63, 3.8) is 0 Å². The highest BCUT2D eigenvalue weighted by Gasteiger charge is 2.52. The van der Waals surface area contributed by atoms with Crippen LogP contribution < -0.4 is 15.6 Å². The summed E-state index contributed by atoms with van der Waals surface area (Å²) < 4.78 is 5.09. The lowest BCUT2D eigenvalue weighted by Crippen LogP contribution is -3.15. The monoisotopic (exact) mass is 417 g/mol. The van der Waals surface area contributed by atoms with E-state index < -0.39 is 23.4 Å². The molecule has 0 radical (unpaired) electrons. The largest absolute Gasteiger partial charge is 0.466 e. The molecule has 0 bridgehead atoms. The number of esters is 1. The number of rotatable bonds is 7. The second kappa shape index (κ2) is 9.25. The Hall–Kier alpha value is -2.94. The topological polar surface area (TPSA) is 109 Å². The van der Waals surface area contributed by atoms with Crippen LogP contribution in [0.5, 0.6) is 0 Å². The van der Waals surface area contributed by atoms with Gasteiger partial charge in [0.1, 0.15) is 11.5 Å². The Kier molecular flexibility index (Phi) is 6.71. The average Bonchev–Trinajstić information content (AvgIpc) is 3.00. The van der Waals surface area contributed by atoms with Crippen molar-refractivity contribution in [3.05, 3.63) is 35.9 Å². The summed E-state index contributed by atoms with van der Waals surface area (Å²) in [4.78, 5) is 51.0. The molecule has 9 heteroatoms. The molecule has 1 aromatic carbocycles. The van der Waals surface area contributed by atoms with Gasteiger partial charge in [0.25, 0.3) is 11.8 Å². The van der Waals surface area contributed by atoms with Gasteiger partial charge in [-0.3, -0.25) is 19.8 Å². The zero-order valence-electron chi connectivity index (χ0n) is 17.4. The molecule has 3 N–H and O–H groups in total. The van der Waals surface area contributed by atoms with Crippen molar-refractivity contribution in [2.45, 2.75) is 38.6 Å². The van der Waals surface area contributed by atoms with Crippen LogP contribution in [0.15, 0.2) is 30.3 Å². The molecule has 4 amide bonds. The van der Waals surface area contributed by atoms with Gasteiger partial charge in [-0.25, -0.2) is 4.79 Å². The first-order chi connectivity index (χ1) is 14.4. The molecule has 30 heavy (non-hydrogen) atoms. The summed E-state index contributed by atoms with van der Waals surface area (Å²) in [6.07, 6.45) is 1.90. The van der Waals surface area contributed by atoms with Crippen LogP contribution >= 0.6 is 0 Å². The predicted octanol–water partition coefficient (Wildman–Crippen LogP) is -0.267. The second-order valence-electron chi connectivity index (χ2n) is 7.70. The summed E-state index contributed by atoms with van der Waals surface area (Å²) in [5, 5.41) is 3.50. The summed E-state index contributed by atoms with van der Waals surface area (Å²) in [6.45, 7) is 5.21. The van der Waals surface area contributed by atoms with Crippen LogP contribution in [-0.4, -0.2) is 55.1 Å². The number of urea groups is 1. The maximum absolute atomic E-state index is 13.1. The van der Waals surface area contributed by atoms with Crippen molar-refractivity contribution in [1.29, 1.82) is 0 Å². The predicted molar refractivity (Wildman–Crippen MR) is 107 cm³/mol. The molecule has 0 spiro atoms. The summed E-state index contributed by atoms with van der Waals surface area (Å²) in [6, 6.07) is 8.33. The third-order valence-electron chi connectivity index (χ3n) is 5.77. The molecule has 0 aliphatic carbocycles. The molecule has 0 saturated carbocycles. The number of nitrogens with one attached hydrogen (secondary N) is 3. The SMILES string of the molecule is CCOC(=O)[C@H]1CCC[NH+](CC(=O)NN2C(=O)N[C@](CC)(c3ccccc3)C2=O)C1. The number of hydrogen-bond donors (Lipinski definition) is 3. The Morgan fingerprint density at radius 1 is 1.27 bits per heavy atom. The summed E-state index contributed by atoms with van der Waals surface area (Å²) in [7, 11) is 0. The zero-order chi connectivity index (χ0) is 21.7. The van der Waals surface area contributed by atoms with Gasteiger partial charge in [-0.1, -0.05) is 37.3 Å². The third-order valence-corrected chi connectivity index (χ3v) is 5.77. The first-order valence-corrected chi connectivity index (χ1v) is 10.4. The Labute approximate surface area is 175 Å². The minimum atomic E-state index is -1.20. The van der Waals surface area contributed by atoms with Gasteiger partial charge in [0, 0.05) is 0 Å². The Balaban J connectivity index is 1.63. The molecule has 162 valence electrons. The highest BCUT2D eigenvalue weighted by atomic mass is 16.5. The Bertz CT molecular complexity index is 815. The molecule has 2 heterocycles. The van der Waals surface area contributed by atoms with E-state index >= 15 is 0 Å². The number of likely N-dealkylation sites (tertiary alicyclic amines) is 1. The van der Waals surface area contributed by atoms with Crippen LogP contribution in [0.25, 0.3) is 0 Å². The van der Waals surface area contributed by atoms with Gasteiger partial charge in [0.2, 0.25) is 0 Å². The van der Waals surface area contributed by atoms with E-state index in [1.807, 2.05) is 13.0 Å². The number of imide groups is 1. The van der Waals surface area contributed by atoms with Gasteiger partial charge in [0.05, 0.1) is 19.7 Å². The maximum Gasteiger partial charge on any atom is 0.344 e. The number of quaternary nitrogens is 1. The smallest absolute Gasteiger partial charge is 0.344 e. The minimum Gasteiger partial charge on any atom is -0.466 e. The average molecular weight is 417 g/mol. The number of piperidine rings is 1. The van der Waals surface area contributed by atoms with Crippen LogP contribution in [-0.2, 0) is 24.7 Å². The molecular formula is C21H29N4O5+. The van der Waals surface area contributed by atoms with E-state index in [1.165, 1.54) is 0 Å². The van der Waals surface area contributed by atoms with E-state index in [1.54, 1.807) is 31.2 Å². The van der Waals surface area contributed by atoms with Crippen LogP contribution in [0.1, 0.15) is 38.7 Å². The van der Waals surface area contributed by atoms with Crippen molar-refractivity contribution in [1.82, 2.24) is 15.8 Å². The van der Waals surface area contributed by atoms with Gasteiger partial charge in [0.15, 0.2) is 6.54 Å². The van der Waals surface area contributed by atoms with Gasteiger partial charge in [-0.15, -0.1) is 0 Å². The fraction of sp³-hybridized carbons (Fsp3) is 0.524. The van der Waals surface area contributed by atoms with Crippen LogP contribution in [0.3, 0.4) is 0 Å². The van der Waals surface area contributed by atoms with E-state index in [2.05, 4.69) is 10.7 Å². The van der Waals surface area contributed by atoms with E-state index in [9.17, 15) is 19.2 Å². The third kappa shape index (κ3) is 4.30. The summed E-state index contributed by atoms with van der Waals surface area (Å²) >= 11 is 0. The Morgan fingerprint density at radius 2 is 2.00 bits per heavy atom. The standard InChI is InChI=1S/C21H28N4O5/c1-3-21(16-10-6-5-7-11-16)19(28)25(20(29)22-21)23-17(26)14-24-12-8-9-15(13-24)18(27)30-4-2/h5-7,10-11,15H,3-4,8-9,12-14H2,1-2H3,(H,22,29)(H,23,26)/p+1/t15-,21+/m0/s1. The zero-order valence-corrected chi connectivity index (χ0v) is 17.4. The van der Waals surface area contributed by atoms with E-state index in [4.69, 9.17) is 4.74 Å². The number of carbonyl (C=O) groups excluding carboxylic acids is 4. The molecule has 2 fully saturated rings. The van der Waals surface area contributed by atoms with Gasteiger partial charge < -0.3 is 15.0 Å². The number of nitrogens with zero attached hydrogens (tertiary/aromatic N) is 1. The molecule has 2 saturated heterocycles. The lowest BCUT2D eigenvalue weighted by Gasteiger charge is -2.28. The molecule has 3 rings (SSSR count). The fourth-order valence-corrected chi connectivity index (χ4v) is 4.20. The highest BCUT2D eigenvalue weighted by Crippen LogP contribution is 2.31. The molecular weight excluding hydrogens is 388 g/mol. The first kappa shape index (κ1) is 21.8. The normalized spacial score (nSPS) is 26.3. The number of carbonyl (C=O) groups is 4. The van der Waals surface area contributed by atoms with E-state index in [-0.39, 0.29) is 18.4 Å². The molecule has 1 aromatic rings. The number of hydrazine groups is 1. The van der Waals surface area contributed by atoms with Gasteiger partial charge >= 0.3 is 12.0 Å². The molecule has 2 aliphatic heterocycles. The number of hydrogen-bond acceptors (Lipinski definition) is 5. The molecule has 9 nitrogen and oxygen atoms in total. The quantitative estimate of drug-likeness (QED) is 0.418. The molecule has 2 aliphatic rings. The lowest BCUT2D eigenvalue weighted by atomic mass is 9.87. The summed E-state index contributed by atoms with van der Waals surface area (Å²) in [5.41, 5.74) is 1.92. The molecule has 1 unspecified atom stereocenters. The van der Waals surface area contributed by atoms with Crippen molar-refractivity contribution in [2.75, 3.05) is 26.2 Å². The molecule has 0 aromatic heterocycles. The number of benzene rings is 1. The van der Waals surface area contributed by atoms with Gasteiger partial charge in [-0.2, -0.15) is 5.01 Å².